The number of benzene rings is 1. The monoisotopic (exact) mass is 337 g/mol. The van der Waals surface area contributed by atoms with Gasteiger partial charge in [-0.3, -0.25) is 0 Å². The Balaban J connectivity index is 1.93. The fourth-order valence-electron chi connectivity index (χ4n) is 2.41. The van der Waals surface area contributed by atoms with Crippen molar-refractivity contribution in [1.82, 2.24) is 4.98 Å². The van der Waals surface area contributed by atoms with Crippen molar-refractivity contribution < 1.29 is 4.74 Å². The van der Waals surface area contributed by atoms with Gasteiger partial charge in [-0.25, -0.2) is 4.98 Å². The molecule has 0 N–H and O–H groups in total. The minimum atomic E-state index is -0.192. The molecule has 1 aliphatic rings. The van der Waals surface area contributed by atoms with Gasteiger partial charge in [0, 0.05) is 22.0 Å². The van der Waals surface area contributed by atoms with E-state index in [-0.39, 0.29) is 5.60 Å². The molecule has 1 atom stereocenters. The van der Waals surface area contributed by atoms with Crippen molar-refractivity contribution in [2.24, 2.45) is 0 Å². The summed E-state index contributed by atoms with van der Waals surface area (Å²) in [7, 11) is 0. The SMILES string of the molecule is CC1(c2nc(-c3ccccc3Br)cs2)CCCCO1. The molecule has 0 radical (unpaired) electrons. The highest BCUT2D eigenvalue weighted by atomic mass is 79.9. The minimum Gasteiger partial charge on any atom is -0.368 e. The zero-order valence-electron chi connectivity index (χ0n) is 10.9. The van der Waals surface area contributed by atoms with Gasteiger partial charge in [-0.1, -0.05) is 34.1 Å². The van der Waals surface area contributed by atoms with E-state index < -0.39 is 0 Å². The number of halogens is 1. The lowest BCUT2D eigenvalue weighted by atomic mass is 9.97. The standard InChI is InChI=1S/C15H16BrNOS/c1-15(8-4-5-9-18-15)14-17-13(10-19-14)11-6-2-3-7-12(11)16/h2-3,6-7,10H,4-5,8-9H2,1H3. The molecule has 19 heavy (non-hydrogen) atoms. The van der Waals surface area contributed by atoms with Crippen LogP contribution in [0.25, 0.3) is 11.3 Å². The molecule has 1 aliphatic heterocycles. The molecule has 0 saturated carbocycles. The van der Waals surface area contributed by atoms with Gasteiger partial charge in [0.1, 0.15) is 10.6 Å². The van der Waals surface area contributed by atoms with E-state index in [1.54, 1.807) is 11.3 Å². The Bertz CT molecular complexity index is 575. The van der Waals surface area contributed by atoms with Gasteiger partial charge >= 0.3 is 0 Å². The van der Waals surface area contributed by atoms with Crippen molar-refractivity contribution >= 4 is 27.3 Å². The maximum absolute atomic E-state index is 5.97. The number of hydrogen-bond donors (Lipinski definition) is 0. The van der Waals surface area contributed by atoms with E-state index in [1.165, 1.54) is 6.42 Å². The van der Waals surface area contributed by atoms with Crippen molar-refractivity contribution in [3.63, 3.8) is 0 Å². The van der Waals surface area contributed by atoms with Gasteiger partial charge in [-0.05, 0) is 32.3 Å². The fourth-order valence-corrected chi connectivity index (χ4v) is 3.86. The number of thiazole rings is 1. The third-order valence-corrected chi connectivity index (χ3v) is 5.35. The molecule has 0 aliphatic carbocycles. The van der Waals surface area contributed by atoms with Gasteiger partial charge in [0.25, 0.3) is 0 Å². The van der Waals surface area contributed by atoms with Gasteiger partial charge in [0.15, 0.2) is 0 Å². The van der Waals surface area contributed by atoms with Crippen LogP contribution in [0, 0.1) is 0 Å². The third-order valence-electron chi connectivity index (χ3n) is 3.58. The van der Waals surface area contributed by atoms with Crippen LogP contribution in [-0.2, 0) is 10.3 Å². The molecule has 0 spiro atoms. The molecule has 1 aromatic carbocycles. The van der Waals surface area contributed by atoms with Crippen LogP contribution in [0.3, 0.4) is 0 Å². The van der Waals surface area contributed by atoms with Crippen LogP contribution in [0.1, 0.15) is 31.2 Å². The fraction of sp³-hybridized carbons (Fsp3) is 0.400. The normalized spacial score (nSPS) is 23.5. The molecule has 1 unspecified atom stereocenters. The maximum atomic E-state index is 5.97. The second kappa shape index (κ2) is 5.35. The first-order chi connectivity index (χ1) is 9.19. The maximum Gasteiger partial charge on any atom is 0.125 e. The Labute approximate surface area is 126 Å². The third kappa shape index (κ3) is 2.62. The highest BCUT2D eigenvalue weighted by molar-refractivity contribution is 9.10. The zero-order chi connectivity index (χ0) is 13.3. The minimum absolute atomic E-state index is 0.192. The smallest absolute Gasteiger partial charge is 0.125 e. The highest BCUT2D eigenvalue weighted by Crippen LogP contribution is 2.38. The Hall–Kier alpha value is -0.710. The van der Waals surface area contributed by atoms with E-state index >= 15 is 0 Å². The van der Waals surface area contributed by atoms with Crippen LogP contribution in [0.4, 0.5) is 0 Å². The Morgan fingerprint density at radius 2 is 2.16 bits per heavy atom. The predicted molar refractivity (Wildman–Crippen MR) is 82.4 cm³/mol. The summed E-state index contributed by atoms with van der Waals surface area (Å²) in [5.74, 6) is 0. The molecule has 2 heterocycles. The molecule has 3 rings (SSSR count). The van der Waals surface area contributed by atoms with Gasteiger partial charge in [-0.2, -0.15) is 0 Å². The lowest BCUT2D eigenvalue weighted by Gasteiger charge is -2.31. The molecule has 0 bridgehead atoms. The van der Waals surface area contributed by atoms with Crippen molar-refractivity contribution in [3.05, 3.63) is 39.1 Å². The number of ether oxygens (including phenoxy) is 1. The largest absolute Gasteiger partial charge is 0.368 e. The van der Waals surface area contributed by atoms with Gasteiger partial charge in [-0.15, -0.1) is 11.3 Å². The van der Waals surface area contributed by atoms with Crippen LogP contribution < -0.4 is 0 Å². The average Bonchev–Trinajstić information content (AvgIpc) is 2.90. The topological polar surface area (TPSA) is 22.1 Å². The quantitative estimate of drug-likeness (QED) is 0.770. The van der Waals surface area contributed by atoms with E-state index in [2.05, 4.69) is 34.3 Å². The molecule has 1 saturated heterocycles. The molecule has 2 aromatic rings. The summed E-state index contributed by atoms with van der Waals surface area (Å²) >= 11 is 5.29. The molecular formula is C15H16BrNOS. The van der Waals surface area contributed by atoms with Crippen LogP contribution in [0.2, 0.25) is 0 Å². The van der Waals surface area contributed by atoms with Crippen molar-refractivity contribution in [2.75, 3.05) is 6.61 Å². The molecule has 2 nitrogen and oxygen atoms in total. The summed E-state index contributed by atoms with van der Waals surface area (Å²) in [6, 6.07) is 8.20. The van der Waals surface area contributed by atoms with Crippen molar-refractivity contribution in [2.45, 2.75) is 31.8 Å². The molecular weight excluding hydrogens is 322 g/mol. The first-order valence-electron chi connectivity index (χ1n) is 6.54. The van der Waals surface area contributed by atoms with Crippen molar-refractivity contribution in [1.29, 1.82) is 0 Å². The van der Waals surface area contributed by atoms with Crippen LogP contribution in [-0.4, -0.2) is 11.6 Å². The predicted octanol–water partition coefficient (Wildman–Crippen LogP) is 4.99. The van der Waals surface area contributed by atoms with Gasteiger partial charge < -0.3 is 4.74 Å². The number of aromatic nitrogens is 1. The van der Waals surface area contributed by atoms with E-state index in [0.29, 0.717) is 0 Å². The lowest BCUT2D eigenvalue weighted by Crippen LogP contribution is -2.29. The van der Waals surface area contributed by atoms with Crippen LogP contribution in [0.15, 0.2) is 34.1 Å². The summed E-state index contributed by atoms with van der Waals surface area (Å²) in [4.78, 5) is 4.80. The van der Waals surface area contributed by atoms with E-state index in [9.17, 15) is 0 Å². The second-order valence-electron chi connectivity index (χ2n) is 5.05. The number of hydrogen-bond acceptors (Lipinski definition) is 3. The van der Waals surface area contributed by atoms with E-state index in [1.807, 2.05) is 18.2 Å². The molecule has 1 fully saturated rings. The van der Waals surface area contributed by atoms with Crippen LogP contribution >= 0.6 is 27.3 Å². The second-order valence-corrected chi connectivity index (χ2v) is 6.77. The van der Waals surface area contributed by atoms with E-state index in [4.69, 9.17) is 9.72 Å². The summed E-state index contributed by atoms with van der Waals surface area (Å²) in [5, 5.41) is 3.22. The highest BCUT2D eigenvalue weighted by Gasteiger charge is 2.33. The number of rotatable bonds is 2. The van der Waals surface area contributed by atoms with Gasteiger partial charge in [0.05, 0.1) is 5.69 Å². The van der Waals surface area contributed by atoms with Gasteiger partial charge in [0.2, 0.25) is 0 Å². The lowest BCUT2D eigenvalue weighted by molar-refractivity contribution is -0.0701. The van der Waals surface area contributed by atoms with Crippen LogP contribution in [0.5, 0.6) is 0 Å². The number of nitrogens with zero attached hydrogens (tertiary/aromatic N) is 1. The Morgan fingerprint density at radius 3 is 2.89 bits per heavy atom. The summed E-state index contributed by atoms with van der Waals surface area (Å²) < 4.78 is 7.05. The first kappa shape index (κ1) is 13.3. The Kier molecular flexibility index (Phi) is 3.74. The summed E-state index contributed by atoms with van der Waals surface area (Å²) in [5.41, 5.74) is 1.98. The van der Waals surface area contributed by atoms with E-state index in [0.717, 1.165) is 40.2 Å². The molecule has 4 heteroatoms. The van der Waals surface area contributed by atoms with Crippen molar-refractivity contribution in [3.8, 4) is 11.3 Å². The summed E-state index contributed by atoms with van der Waals surface area (Å²) in [6.07, 6.45) is 3.45. The Morgan fingerprint density at radius 1 is 1.32 bits per heavy atom. The first-order valence-corrected chi connectivity index (χ1v) is 8.21. The molecule has 0 amide bonds. The molecule has 1 aromatic heterocycles. The zero-order valence-corrected chi connectivity index (χ0v) is 13.3. The molecule has 100 valence electrons. The summed E-state index contributed by atoms with van der Waals surface area (Å²) in [6.45, 7) is 3.01. The average molecular weight is 338 g/mol.